The van der Waals surface area contributed by atoms with Gasteiger partial charge in [-0.15, -0.1) is 0 Å². The lowest BCUT2D eigenvalue weighted by Gasteiger charge is -2.23. The number of aliphatic imine (C=N–C) groups is 1. The summed E-state index contributed by atoms with van der Waals surface area (Å²) in [6.07, 6.45) is 0.738. The highest BCUT2D eigenvalue weighted by atomic mass is 16.5. The van der Waals surface area contributed by atoms with Crippen molar-refractivity contribution in [2.24, 2.45) is 4.99 Å². The number of carbonyl (C=O) groups excluding carboxylic acids is 1. The highest BCUT2D eigenvalue weighted by molar-refractivity contribution is 5.86. The van der Waals surface area contributed by atoms with Gasteiger partial charge in [-0.05, 0) is 26.3 Å². The molecule has 0 spiro atoms. The minimum absolute atomic E-state index is 0.0898. The molecule has 0 radical (unpaired) electrons. The highest BCUT2D eigenvalue weighted by Crippen LogP contribution is 2.05. The van der Waals surface area contributed by atoms with Gasteiger partial charge in [0.25, 0.3) is 0 Å². The fraction of sp³-hybridized carbons (Fsp3) is 0.500. The van der Waals surface area contributed by atoms with E-state index >= 15 is 0 Å². The predicted octanol–water partition coefficient (Wildman–Crippen LogP) is 2.53. The molecule has 0 aliphatic carbocycles. The topological polar surface area (TPSA) is 41.9 Å². The number of benzene rings is 1. The molecule has 0 aliphatic rings. The maximum atomic E-state index is 11.5. The lowest BCUT2D eigenvalue weighted by atomic mass is 10.1. The van der Waals surface area contributed by atoms with E-state index in [1.165, 1.54) is 5.56 Å². The first-order valence-electron chi connectivity index (χ1n) is 7.19. The van der Waals surface area contributed by atoms with Crippen LogP contribution in [0.5, 0.6) is 0 Å². The van der Waals surface area contributed by atoms with E-state index in [0.29, 0.717) is 6.61 Å². The van der Waals surface area contributed by atoms with Crippen LogP contribution in [-0.4, -0.2) is 42.9 Å². The molecule has 4 nitrogen and oxygen atoms in total. The maximum absolute atomic E-state index is 11.5. The number of amidine groups is 1. The Morgan fingerprint density at radius 1 is 1.15 bits per heavy atom. The molecule has 1 aromatic rings. The average Bonchev–Trinajstić information content (AvgIpc) is 2.47. The normalized spacial score (nSPS) is 11.2. The number of nitrogens with zero attached hydrogens (tertiary/aromatic N) is 2. The van der Waals surface area contributed by atoms with Crippen molar-refractivity contribution in [1.82, 2.24) is 4.90 Å². The van der Waals surface area contributed by atoms with Crippen LogP contribution in [0.1, 0.15) is 26.3 Å². The molecule has 0 aliphatic heterocycles. The minimum atomic E-state index is -0.273. The maximum Gasteiger partial charge on any atom is 0.327 e. The Morgan fingerprint density at radius 3 is 2.35 bits per heavy atom. The van der Waals surface area contributed by atoms with Gasteiger partial charge in [-0.3, -0.25) is 9.79 Å². The molecule has 20 heavy (non-hydrogen) atoms. The zero-order valence-corrected chi connectivity index (χ0v) is 12.6. The van der Waals surface area contributed by atoms with Gasteiger partial charge in [0.1, 0.15) is 12.4 Å². The van der Waals surface area contributed by atoms with Crippen molar-refractivity contribution in [2.45, 2.75) is 27.2 Å². The Hall–Kier alpha value is -1.84. The van der Waals surface area contributed by atoms with Crippen LogP contribution in [0, 0.1) is 0 Å². The molecule has 0 atom stereocenters. The second-order valence-electron chi connectivity index (χ2n) is 4.37. The quantitative estimate of drug-likeness (QED) is 0.436. The van der Waals surface area contributed by atoms with Crippen molar-refractivity contribution in [3.63, 3.8) is 0 Å². The fourth-order valence-corrected chi connectivity index (χ4v) is 2.00. The summed E-state index contributed by atoms with van der Waals surface area (Å²) in [7, 11) is 0. The molecular weight excluding hydrogens is 252 g/mol. The highest BCUT2D eigenvalue weighted by Gasteiger charge is 2.10. The van der Waals surface area contributed by atoms with E-state index < -0.39 is 0 Å². The molecule has 1 rings (SSSR count). The molecule has 0 aromatic heterocycles. The summed E-state index contributed by atoms with van der Waals surface area (Å²) in [5, 5.41) is 0. The molecule has 0 saturated carbocycles. The van der Waals surface area contributed by atoms with Crippen LogP contribution in [0.4, 0.5) is 0 Å². The van der Waals surface area contributed by atoms with E-state index in [1.54, 1.807) is 6.92 Å². The zero-order valence-electron chi connectivity index (χ0n) is 12.6. The van der Waals surface area contributed by atoms with Gasteiger partial charge in [0.2, 0.25) is 0 Å². The van der Waals surface area contributed by atoms with Gasteiger partial charge in [-0.2, -0.15) is 0 Å². The Morgan fingerprint density at radius 2 is 1.80 bits per heavy atom. The summed E-state index contributed by atoms with van der Waals surface area (Å²) in [4.78, 5) is 18.1. The Balaban J connectivity index is 2.79. The number of ether oxygens (including phenoxy) is 1. The minimum Gasteiger partial charge on any atom is -0.465 e. The smallest absolute Gasteiger partial charge is 0.327 e. The van der Waals surface area contributed by atoms with Crippen LogP contribution in [0.2, 0.25) is 0 Å². The molecule has 0 amide bonds. The number of hydrogen-bond donors (Lipinski definition) is 0. The van der Waals surface area contributed by atoms with E-state index in [4.69, 9.17) is 4.74 Å². The zero-order chi connectivity index (χ0) is 14.8. The third-order valence-electron chi connectivity index (χ3n) is 3.03. The molecular formula is C16H24N2O2. The van der Waals surface area contributed by atoms with Crippen LogP contribution < -0.4 is 0 Å². The number of hydrogen-bond acceptors (Lipinski definition) is 3. The first-order chi connectivity index (χ1) is 9.71. The largest absolute Gasteiger partial charge is 0.465 e. The van der Waals surface area contributed by atoms with Crippen molar-refractivity contribution < 1.29 is 9.53 Å². The average molecular weight is 276 g/mol. The Labute approximate surface area is 121 Å². The van der Waals surface area contributed by atoms with Gasteiger partial charge in [-0.25, -0.2) is 0 Å². The van der Waals surface area contributed by atoms with Crippen LogP contribution in [0.15, 0.2) is 35.3 Å². The van der Waals surface area contributed by atoms with Gasteiger partial charge in [0.15, 0.2) is 0 Å². The third kappa shape index (κ3) is 5.43. The summed E-state index contributed by atoms with van der Waals surface area (Å²) in [6, 6.07) is 10.2. The predicted molar refractivity (Wildman–Crippen MR) is 82.0 cm³/mol. The van der Waals surface area contributed by atoms with Gasteiger partial charge >= 0.3 is 5.97 Å². The monoisotopic (exact) mass is 276 g/mol. The lowest BCUT2D eigenvalue weighted by Crippen LogP contribution is -2.33. The van der Waals surface area contributed by atoms with Crippen LogP contribution in [0.25, 0.3) is 0 Å². The standard InChI is InChI=1S/C16H24N2O2/c1-4-18(5-2)15(17-13-16(19)20-6-3)12-14-10-8-7-9-11-14/h7-11H,4-6,12-13H2,1-3H3. The van der Waals surface area contributed by atoms with Crippen LogP contribution >= 0.6 is 0 Å². The molecule has 0 saturated heterocycles. The summed E-state index contributed by atoms with van der Waals surface area (Å²) < 4.78 is 4.92. The van der Waals surface area contributed by atoms with E-state index in [9.17, 15) is 4.79 Å². The number of rotatable bonds is 7. The molecule has 110 valence electrons. The second kappa shape index (κ2) is 9.13. The third-order valence-corrected chi connectivity index (χ3v) is 3.03. The van der Waals surface area contributed by atoms with Gasteiger partial charge in [-0.1, -0.05) is 30.3 Å². The Kier molecular flexibility index (Phi) is 7.40. The SMILES string of the molecule is CCOC(=O)CN=C(Cc1ccccc1)N(CC)CC. The van der Waals surface area contributed by atoms with Crippen LogP contribution in [0.3, 0.4) is 0 Å². The molecule has 1 aromatic carbocycles. The number of esters is 1. The first kappa shape index (κ1) is 16.2. The summed E-state index contributed by atoms with van der Waals surface area (Å²) in [6.45, 7) is 8.23. The number of carbonyl (C=O) groups is 1. The molecule has 0 N–H and O–H groups in total. The molecule has 0 bridgehead atoms. The van der Waals surface area contributed by atoms with E-state index in [-0.39, 0.29) is 12.5 Å². The van der Waals surface area contributed by atoms with Gasteiger partial charge in [0.05, 0.1) is 6.61 Å². The van der Waals surface area contributed by atoms with Crippen molar-refractivity contribution >= 4 is 11.8 Å². The van der Waals surface area contributed by atoms with Crippen molar-refractivity contribution in [3.8, 4) is 0 Å². The molecule has 0 heterocycles. The van der Waals surface area contributed by atoms with E-state index in [0.717, 1.165) is 25.3 Å². The number of likely N-dealkylation sites (N-methyl/N-ethyl adjacent to an activating group) is 1. The lowest BCUT2D eigenvalue weighted by molar-refractivity contribution is -0.141. The van der Waals surface area contributed by atoms with E-state index in [1.807, 2.05) is 18.2 Å². The molecule has 0 unspecified atom stereocenters. The summed E-state index contributed by atoms with van der Waals surface area (Å²) >= 11 is 0. The van der Waals surface area contributed by atoms with Crippen molar-refractivity contribution in [3.05, 3.63) is 35.9 Å². The summed E-state index contributed by atoms with van der Waals surface area (Å²) in [5.74, 6) is 0.666. The molecule has 4 heteroatoms. The second-order valence-corrected chi connectivity index (χ2v) is 4.37. The summed E-state index contributed by atoms with van der Waals surface area (Å²) in [5.41, 5.74) is 1.20. The van der Waals surface area contributed by atoms with Gasteiger partial charge in [0, 0.05) is 19.5 Å². The first-order valence-corrected chi connectivity index (χ1v) is 7.19. The Bertz CT molecular complexity index is 425. The molecule has 0 fully saturated rings. The fourth-order valence-electron chi connectivity index (χ4n) is 2.00. The van der Waals surface area contributed by atoms with Crippen molar-refractivity contribution in [1.29, 1.82) is 0 Å². The van der Waals surface area contributed by atoms with Gasteiger partial charge < -0.3 is 9.64 Å². The van der Waals surface area contributed by atoms with Crippen molar-refractivity contribution in [2.75, 3.05) is 26.2 Å². The van der Waals surface area contributed by atoms with E-state index in [2.05, 4.69) is 35.9 Å². The van der Waals surface area contributed by atoms with Crippen LogP contribution in [-0.2, 0) is 16.0 Å².